The van der Waals surface area contributed by atoms with E-state index in [0.717, 1.165) is 44.6 Å². The Morgan fingerprint density at radius 2 is 1.94 bits per heavy atom. The van der Waals surface area contributed by atoms with E-state index in [1.165, 1.54) is 5.56 Å². The summed E-state index contributed by atoms with van der Waals surface area (Å²) in [5.74, 6) is 0.984. The van der Waals surface area contributed by atoms with Crippen LogP contribution in [0, 0.1) is 5.41 Å². The van der Waals surface area contributed by atoms with Gasteiger partial charge in [-0.3, -0.25) is 0 Å². The lowest BCUT2D eigenvalue weighted by Gasteiger charge is -2.26. The lowest BCUT2D eigenvalue weighted by Crippen LogP contribution is -2.23. The van der Waals surface area contributed by atoms with E-state index in [9.17, 15) is 0 Å². The summed E-state index contributed by atoms with van der Waals surface area (Å²) in [6, 6.07) is 8.39. The van der Waals surface area contributed by atoms with Crippen molar-refractivity contribution in [1.29, 1.82) is 0 Å². The lowest BCUT2D eigenvalue weighted by atomic mass is 9.86. The maximum atomic E-state index is 5.94. The molecule has 0 spiro atoms. The summed E-state index contributed by atoms with van der Waals surface area (Å²) in [7, 11) is 0. The third-order valence-corrected chi connectivity index (χ3v) is 3.86. The predicted octanol–water partition coefficient (Wildman–Crippen LogP) is 3.78. The van der Waals surface area contributed by atoms with E-state index in [4.69, 9.17) is 10.5 Å². The normalized spacial score (nSPS) is 11.6. The second kappa shape index (κ2) is 7.42. The molecule has 2 N–H and O–H groups in total. The van der Waals surface area contributed by atoms with Gasteiger partial charge in [-0.15, -0.1) is 0 Å². The van der Waals surface area contributed by atoms with Crippen LogP contribution in [0.3, 0.4) is 0 Å². The van der Waals surface area contributed by atoms with Crippen molar-refractivity contribution >= 4 is 0 Å². The Hall–Kier alpha value is -1.02. The van der Waals surface area contributed by atoms with Gasteiger partial charge in [-0.2, -0.15) is 0 Å². The van der Waals surface area contributed by atoms with Gasteiger partial charge in [0.05, 0.1) is 6.61 Å². The van der Waals surface area contributed by atoms with Gasteiger partial charge in [-0.05, 0) is 49.9 Å². The zero-order chi connectivity index (χ0) is 13.4. The summed E-state index contributed by atoms with van der Waals surface area (Å²) in [6.07, 6.45) is 4.37. The second-order valence-corrected chi connectivity index (χ2v) is 5.35. The molecular weight excluding hydrogens is 222 g/mol. The molecule has 18 heavy (non-hydrogen) atoms. The molecule has 0 aliphatic carbocycles. The second-order valence-electron chi connectivity index (χ2n) is 5.35. The molecule has 1 aromatic rings. The maximum absolute atomic E-state index is 5.94. The van der Waals surface area contributed by atoms with Crippen molar-refractivity contribution in [1.82, 2.24) is 0 Å². The molecule has 0 saturated carbocycles. The SMILES string of the molecule is CCC(C)(CC)COc1cccc(CCCN)c1. The fourth-order valence-electron chi connectivity index (χ4n) is 1.81. The molecule has 2 nitrogen and oxygen atoms in total. The molecule has 0 bridgehead atoms. The van der Waals surface area contributed by atoms with Crippen LogP contribution in [0.1, 0.15) is 45.6 Å². The zero-order valence-electron chi connectivity index (χ0n) is 12.0. The summed E-state index contributed by atoms with van der Waals surface area (Å²) in [6.45, 7) is 8.27. The number of benzene rings is 1. The van der Waals surface area contributed by atoms with Gasteiger partial charge in [0.25, 0.3) is 0 Å². The molecule has 0 heterocycles. The highest BCUT2D eigenvalue weighted by Crippen LogP contribution is 2.26. The Labute approximate surface area is 112 Å². The number of ether oxygens (including phenoxy) is 1. The van der Waals surface area contributed by atoms with Gasteiger partial charge in [0.1, 0.15) is 5.75 Å². The molecule has 2 heteroatoms. The Morgan fingerprint density at radius 3 is 2.56 bits per heavy atom. The first-order valence-electron chi connectivity index (χ1n) is 7.05. The molecule has 0 aromatic heterocycles. The Morgan fingerprint density at radius 1 is 1.22 bits per heavy atom. The number of hydrogen-bond donors (Lipinski definition) is 1. The van der Waals surface area contributed by atoms with Gasteiger partial charge in [-0.1, -0.05) is 32.9 Å². The van der Waals surface area contributed by atoms with Crippen LogP contribution in [0.5, 0.6) is 5.75 Å². The molecule has 0 saturated heterocycles. The minimum absolute atomic E-state index is 0.285. The highest BCUT2D eigenvalue weighted by Gasteiger charge is 2.20. The van der Waals surface area contributed by atoms with Gasteiger partial charge >= 0.3 is 0 Å². The summed E-state index contributed by atoms with van der Waals surface area (Å²) in [5, 5.41) is 0. The molecule has 102 valence electrons. The molecule has 0 fully saturated rings. The topological polar surface area (TPSA) is 35.2 Å². The van der Waals surface area contributed by atoms with Crippen LogP contribution in [0.25, 0.3) is 0 Å². The van der Waals surface area contributed by atoms with Crippen LogP contribution < -0.4 is 10.5 Å². The maximum Gasteiger partial charge on any atom is 0.119 e. The minimum atomic E-state index is 0.285. The first-order chi connectivity index (χ1) is 8.63. The van der Waals surface area contributed by atoms with Gasteiger partial charge in [0, 0.05) is 5.41 Å². The van der Waals surface area contributed by atoms with Crippen molar-refractivity contribution in [3.05, 3.63) is 29.8 Å². The number of aryl methyl sites for hydroxylation is 1. The smallest absolute Gasteiger partial charge is 0.119 e. The summed E-state index contributed by atoms with van der Waals surface area (Å²) < 4.78 is 5.94. The quantitative estimate of drug-likeness (QED) is 0.761. The fourth-order valence-corrected chi connectivity index (χ4v) is 1.81. The molecule has 0 aliphatic heterocycles. The first kappa shape index (κ1) is 15.0. The van der Waals surface area contributed by atoms with E-state index in [1.54, 1.807) is 0 Å². The molecule has 1 aromatic carbocycles. The first-order valence-corrected chi connectivity index (χ1v) is 7.05. The van der Waals surface area contributed by atoms with Crippen molar-refractivity contribution in [2.75, 3.05) is 13.2 Å². The number of rotatable bonds is 8. The summed E-state index contributed by atoms with van der Waals surface area (Å²) in [4.78, 5) is 0. The van der Waals surface area contributed by atoms with Crippen LogP contribution in [-0.4, -0.2) is 13.2 Å². The molecule has 1 rings (SSSR count). The van der Waals surface area contributed by atoms with Crippen LogP contribution in [0.4, 0.5) is 0 Å². The van der Waals surface area contributed by atoms with Crippen molar-refractivity contribution in [2.45, 2.75) is 46.5 Å². The predicted molar refractivity (Wildman–Crippen MR) is 78.0 cm³/mol. The van der Waals surface area contributed by atoms with E-state index in [2.05, 4.69) is 39.0 Å². The van der Waals surface area contributed by atoms with Gasteiger partial charge < -0.3 is 10.5 Å². The van der Waals surface area contributed by atoms with E-state index in [-0.39, 0.29) is 5.41 Å². The average Bonchev–Trinajstić information content (AvgIpc) is 2.43. The van der Waals surface area contributed by atoms with E-state index in [1.807, 2.05) is 6.07 Å². The Kier molecular flexibility index (Phi) is 6.20. The van der Waals surface area contributed by atoms with E-state index < -0.39 is 0 Å². The molecule has 0 radical (unpaired) electrons. The van der Waals surface area contributed by atoms with E-state index >= 15 is 0 Å². The molecule has 0 amide bonds. The van der Waals surface area contributed by atoms with Crippen LogP contribution in [-0.2, 0) is 6.42 Å². The van der Waals surface area contributed by atoms with Crippen molar-refractivity contribution in [3.63, 3.8) is 0 Å². The van der Waals surface area contributed by atoms with Crippen molar-refractivity contribution in [2.24, 2.45) is 11.1 Å². The standard InChI is InChI=1S/C16H27NO/c1-4-16(3,5-2)13-18-15-10-6-8-14(12-15)9-7-11-17/h6,8,10,12H,4-5,7,9,11,13,17H2,1-3H3. The summed E-state index contributed by atoms with van der Waals surface area (Å²) >= 11 is 0. The molecule has 0 aliphatic rings. The monoisotopic (exact) mass is 249 g/mol. The third kappa shape index (κ3) is 4.69. The Balaban J connectivity index is 2.56. The van der Waals surface area contributed by atoms with Crippen LogP contribution in [0.2, 0.25) is 0 Å². The molecular formula is C16H27NO. The van der Waals surface area contributed by atoms with Gasteiger partial charge in [0.2, 0.25) is 0 Å². The van der Waals surface area contributed by atoms with Gasteiger partial charge in [0.15, 0.2) is 0 Å². The number of nitrogens with two attached hydrogens (primary N) is 1. The lowest BCUT2D eigenvalue weighted by molar-refractivity contribution is 0.152. The Bertz CT molecular complexity index is 345. The van der Waals surface area contributed by atoms with Gasteiger partial charge in [-0.25, -0.2) is 0 Å². The van der Waals surface area contributed by atoms with Crippen LogP contribution in [0.15, 0.2) is 24.3 Å². The zero-order valence-corrected chi connectivity index (χ0v) is 12.0. The fraction of sp³-hybridized carbons (Fsp3) is 0.625. The van der Waals surface area contributed by atoms with Crippen molar-refractivity contribution in [3.8, 4) is 5.75 Å². The highest BCUT2D eigenvalue weighted by molar-refractivity contribution is 5.28. The molecule has 0 atom stereocenters. The minimum Gasteiger partial charge on any atom is -0.493 e. The highest BCUT2D eigenvalue weighted by atomic mass is 16.5. The van der Waals surface area contributed by atoms with Crippen molar-refractivity contribution < 1.29 is 4.74 Å². The van der Waals surface area contributed by atoms with Crippen LogP contribution >= 0.6 is 0 Å². The summed E-state index contributed by atoms with van der Waals surface area (Å²) in [5.41, 5.74) is 7.13. The third-order valence-electron chi connectivity index (χ3n) is 3.86. The number of hydrogen-bond acceptors (Lipinski definition) is 2. The van der Waals surface area contributed by atoms with E-state index in [0.29, 0.717) is 0 Å². The average molecular weight is 249 g/mol. The largest absolute Gasteiger partial charge is 0.493 e. The molecule has 0 unspecified atom stereocenters.